The predicted molar refractivity (Wildman–Crippen MR) is 128 cm³/mol. The van der Waals surface area contributed by atoms with Crippen molar-refractivity contribution in [3.8, 4) is 17.0 Å². The van der Waals surface area contributed by atoms with Gasteiger partial charge in [-0.15, -0.1) is 0 Å². The van der Waals surface area contributed by atoms with E-state index in [1.165, 1.54) is 6.33 Å². The van der Waals surface area contributed by atoms with Crippen molar-refractivity contribution in [2.75, 3.05) is 5.73 Å². The molecular formula is C26H21N5O3. The zero-order chi connectivity index (χ0) is 23.5. The predicted octanol–water partition coefficient (Wildman–Crippen LogP) is 4.24. The second-order valence-electron chi connectivity index (χ2n) is 7.76. The van der Waals surface area contributed by atoms with Crippen molar-refractivity contribution in [1.29, 1.82) is 0 Å². The first kappa shape index (κ1) is 21.1. The third-order valence-electron chi connectivity index (χ3n) is 5.45. The molecule has 0 aliphatic carbocycles. The van der Waals surface area contributed by atoms with Gasteiger partial charge in [-0.2, -0.15) is 5.10 Å². The molecule has 8 nitrogen and oxygen atoms in total. The van der Waals surface area contributed by atoms with E-state index in [0.29, 0.717) is 41.6 Å². The van der Waals surface area contributed by atoms with Crippen LogP contribution in [0.1, 0.15) is 27.3 Å². The molecular weight excluding hydrogens is 430 g/mol. The molecule has 2 aromatic heterocycles. The number of hydrogen-bond acceptors (Lipinski definition) is 6. The molecule has 0 bridgehead atoms. The highest BCUT2D eigenvalue weighted by Gasteiger charge is 2.18. The van der Waals surface area contributed by atoms with E-state index in [1.807, 2.05) is 54.6 Å². The van der Waals surface area contributed by atoms with Gasteiger partial charge in [-0.3, -0.25) is 0 Å². The van der Waals surface area contributed by atoms with Crippen molar-refractivity contribution in [1.82, 2.24) is 19.6 Å². The topological polar surface area (TPSA) is 116 Å². The van der Waals surface area contributed by atoms with E-state index >= 15 is 0 Å². The summed E-state index contributed by atoms with van der Waals surface area (Å²) in [6.45, 7) is 0.455. The lowest BCUT2D eigenvalue weighted by Gasteiger charge is -2.08. The smallest absolute Gasteiger partial charge is 0.335 e. The van der Waals surface area contributed by atoms with Gasteiger partial charge in [-0.1, -0.05) is 54.6 Å². The van der Waals surface area contributed by atoms with Gasteiger partial charge in [-0.05, 0) is 35.4 Å². The Morgan fingerprint density at radius 2 is 1.76 bits per heavy atom. The molecule has 0 aliphatic heterocycles. The number of carboxylic acid groups (broad SMARTS) is 1. The summed E-state index contributed by atoms with van der Waals surface area (Å²) < 4.78 is 7.67. The van der Waals surface area contributed by atoms with Gasteiger partial charge in [0, 0.05) is 12.0 Å². The molecule has 168 valence electrons. The Hall–Kier alpha value is -4.72. The fourth-order valence-electron chi connectivity index (χ4n) is 3.75. The van der Waals surface area contributed by atoms with Crippen molar-refractivity contribution < 1.29 is 14.6 Å². The number of carbonyl (C=O) groups is 1. The maximum atomic E-state index is 11.1. The number of aromatic carboxylic acids is 1. The number of rotatable bonds is 7. The van der Waals surface area contributed by atoms with Gasteiger partial charge in [-0.25, -0.2) is 19.3 Å². The average molecular weight is 451 g/mol. The summed E-state index contributed by atoms with van der Waals surface area (Å²) in [7, 11) is 0. The second-order valence-corrected chi connectivity index (χ2v) is 7.76. The van der Waals surface area contributed by atoms with Crippen molar-refractivity contribution in [3.63, 3.8) is 0 Å². The summed E-state index contributed by atoms with van der Waals surface area (Å²) in [6.07, 6.45) is 1.84. The number of anilines is 1. The molecule has 0 atom stereocenters. The molecule has 0 amide bonds. The zero-order valence-electron chi connectivity index (χ0n) is 18.1. The summed E-state index contributed by atoms with van der Waals surface area (Å²) in [6, 6.07) is 24.3. The van der Waals surface area contributed by atoms with Crippen molar-refractivity contribution in [2.24, 2.45) is 0 Å². The number of fused-ring (bicyclic) bond motifs is 1. The molecule has 0 radical (unpaired) electrons. The van der Waals surface area contributed by atoms with Crippen LogP contribution in [0.5, 0.6) is 5.75 Å². The Labute approximate surface area is 195 Å². The Balaban J connectivity index is 1.48. The quantitative estimate of drug-likeness (QED) is 0.380. The Morgan fingerprint density at radius 3 is 2.53 bits per heavy atom. The molecule has 3 N–H and O–H groups in total. The fraction of sp³-hybridized carbons (Fsp3) is 0.0769. The normalized spacial score (nSPS) is 10.9. The highest BCUT2D eigenvalue weighted by Crippen LogP contribution is 2.30. The Bertz CT molecular complexity index is 1460. The number of imidazole rings is 1. The Morgan fingerprint density at radius 1 is 0.971 bits per heavy atom. The standard InChI is InChI=1S/C26H21N5O3/c27-25-24-23(20-7-4-8-21(14-20)34-15-18-5-2-1-3-6-18)30-22(31(24)29-16-28-25)13-17-9-11-19(12-10-17)26(32)33/h1-12,14,16H,13,15H2,(H,32,33)(H2,27,28,29). The fourth-order valence-corrected chi connectivity index (χ4v) is 3.75. The summed E-state index contributed by atoms with van der Waals surface area (Å²) in [5, 5.41) is 13.5. The SMILES string of the molecule is Nc1ncnn2c(Cc3ccc(C(=O)O)cc3)nc(-c3cccc(OCc4ccccc4)c3)c12. The van der Waals surface area contributed by atoms with Gasteiger partial charge >= 0.3 is 5.97 Å². The zero-order valence-corrected chi connectivity index (χ0v) is 18.1. The molecule has 0 unspecified atom stereocenters. The van der Waals surface area contributed by atoms with Crippen molar-refractivity contribution in [3.05, 3.63) is 108 Å². The number of nitrogens with two attached hydrogens (primary N) is 1. The maximum Gasteiger partial charge on any atom is 0.335 e. The first-order valence-electron chi connectivity index (χ1n) is 10.7. The third kappa shape index (κ3) is 4.29. The molecule has 5 aromatic rings. The molecule has 0 fully saturated rings. The molecule has 0 spiro atoms. The van der Waals surface area contributed by atoms with Gasteiger partial charge in [0.15, 0.2) is 5.82 Å². The van der Waals surface area contributed by atoms with Crippen LogP contribution < -0.4 is 10.5 Å². The number of benzene rings is 3. The van der Waals surface area contributed by atoms with Crippen LogP contribution >= 0.6 is 0 Å². The van der Waals surface area contributed by atoms with E-state index in [1.54, 1.807) is 28.8 Å². The lowest BCUT2D eigenvalue weighted by Crippen LogP contribution is -2.03. The van der Waals surface area contributed by atoms with Crippen molar-refractivity contribution in [2.45, 2.75) is 13.0 Å². The van der Waals surface area contributed by atoms with Crippen LogP contribution in [-0.2, 0) is 13.0 Å². The molecule has 34 heavy (non-hydrogen) atoms. The largest absolute Gasteiger partial charge is 0.489 e. The van der Waals surface area contributed by atoms with E-state index in [0.717, 1.165) is 16.7 Å². The van der Waals surface area contributed by atoms with Crippen LogP contribution in [0.15, 0.2) is 85.2 Å². The van der Waals surface area contributed by atoms with Gasteiger partial charge in [0.05, 0.1) is 5.56 Å². The lowest BCUT2D eigenvalue weighted by atomic mass is 10.1. The van der Waals surface area contributed by atoms with Crippen LogP contribution in [0.2, 0.25) is 0 Å². The number of ether oxygens (including phenoxy) is 1. The van der Waals surface area contributed by atoms with E-state index < -0.39 is 5.97 Å². The molecule has 0 aliphatic rings. The maximum absolute atomic E-state index is 11.1. The van der Waals surface area contributed by atoms with E-state index in [9.17, 15) is 4.79 Å². The number of nitrogen functional groups attached to an aromatic ring is 1. The first-order valence-corrected chi connectivity index (χ1v) is 10.7. The van der Waals surface area contributed by atoms with Gasteiger partial charge in [0.2, 0.25) is 0 Å². The third-order valence-corrected chi connectivity index (χ3v) is 5.45. The van der Waals surface area contributed by atoms with Crippen LogP contribution in [0.3, 0.4) is 0 Å². The summed E-state index contributed by atoms with van der Waals surface area (Å²) in [5.41, 5.74) is 10.5. The number of nitrogens with zero attached hydrogens (tertiary/aromatic N) is 4. The second kappa shape index (κ2) is 9.03. The molecule has 5 rings (SSSR count). The van der Waals surface area contributed by atoms with Gasteiger partial charge in [0.25, 0.3) is 0 Å². The summed E-state index contributed by atoms with van der Waals surface area (Å²) >= 11 is 0. The van der Waals surface area contributed by atoms with Crippen molar-refractivity contribution >= 4 is 17.3 Å². The molecule has 3 aromatic carbocycles. The van der Waals surface area contributed by atoms with E-state index in [2.05, 4.69) is 10.1 Å². The summed E-state index contributed by atoms with van der Waals surface area (Å²) in [5.74, 6) is 0.733. The highest BCUT2D eigenvalue weighted by atomic mass is 16.5. The minimum absolute atomic E-state index is 0.233. The number of carboxylic acids is 1. The molecule has 8 heteroatoms. The van der Waals surface area contributed by atoms with Crippen LogP contribution in [0.25, 0.3) is 16.8 Å². The van der Waals surface area contributed by atoms with Gasteiger partial charge in [0.1, 0.15) is 35.7 Å². The summed E-state index contributed by atoms with van der Waals surface area (Å²) in [4.78, 5) is 20.1. The van der Waals surface area contributed by atoms with Gasteiger partial charge < -0.3 is 15.6 Å². The highest BCUT2D eigenvalue weighted by molar-refractivity contribution is 5.87. The minimum atomic E-state index is -0.963. The van der Waals surface area contributed by atoms with E-state index in [4.69, 9.17) is 20.6 Å². The minimum Gasteiger partial charge on any atom is -0.489 e. The number of hydrogen-bond donors (Lipinski definition) is 2. The first-order chi connectivity index (χ1) is 16.6. The molecule has 0 saturated carbocycles. The van der Waals surface area contributed by atoms with Crippen LogP contribution in [0, 0.1) is 0 Å². The number of aromatic nitrogens is 4. The average Bonchev–Trinajstić information content (AvgIpc) is 3.23. The van der Waals surface area contributed by atoms with Crippen LogP contribution in [0.4, 0.5) is 5.82 Å². The molecule has 0 saturated heterocycles. The van der Waals surface area contributed by atoms with E-state index in [-0.39, 0.29) is 5.56 Å². The monoisotopic (exact) mass is 451 g/mol. The Kier molecular flexibility index (Phi) is 5.61. The van der Waals surface area contributed by atoms with Crippen LogP contribution in [-0.4, -0.2) is 30.7 Å². The molecule has 2 heterocycles. The lowest BCUT2D eigenvalue weighted by molar-refractivity contribution is 0.0697.